The molecule has 0 saturated carbocycles. The van der Waals surface area contributed by atoms with E-state index in [-0.39, 0.29) is 11.3 Å². The van der Waals surface area contributed by atoms with Crippen LogP contribution < -0.4 is 5.32 Å². The molecule has 2 aromatic carbocycles. The maximum absolute atomic E-state index is 12.8. The first kappa shape index (κ1) is 13.5. The Morgan fingerprint density at radius 3 is 2.63 bits per heavy atom. The second-order valence-corrected chi connectivity index (χ2v) is 4.93. The quantitative estimate of drug-likeness (QED) is 0.881. The van der Waals surface area contributed by atoms with Gasteiger partial charge in [0.15, 0.2) is 0 Å². The first-order valence-corrected chi connectivity index (χ1v) is 6.32. The van der Waals surface area contributed by atoms with Crippen LogP contribution in [-0.4, -0.2) is 11.0 Å². The third kappa shape index (κ3) is 3.12. The van der Waals surface area contributed by atoms with Crippen LogP contribution in [0.4, 0.5) is 10.1 Å². The van der Waals surface area contributed by atoms with Gasteiger partial charge in [-0.05, 0) is 42.8 Å². The number of nitrogens with one attached hydrogen (secondary N) is 1. The van der Waals surface area contributed by atoms with Crippen LogP contribution >= 0.6 is 15.9 Å². The van der Waals surface area contributed by atoms with Crippen molar-refractivity contribution < 1.29 is 14.3 Å². The highest BCUT2D eigenvalue weighted by molar-refractivity contribution is 9.10. The molecule has 19 heavy (non-hydrogen) atoms. The smallest absolute Gasteiger partial charge is 0.259 e. The fourth-order valence-electron chi connectivity index (χ4n) is 1.62. The van der Waals surface area contributed by atoms with Crippen LogP contribution in [0.3, 0.4) is 0 Å². The number of amides is 1. The topological polar surface area (TPSA) is 49.3 Å². The molecule has 3 nitrogen and oxygen atoms in total. The van der Waals surface area contributed by atoms with Crippen LogP contribution in [-0.2, 0) is 0 Å². The predicted octanol–water partition coefficient (Wildman–Crippen LogP) is 3.85. The molecule has 5 heteroatoms. The summed E-state index contributed by atoms with van der Waals surface area (Å²) in [5.41, 5.74) is 1.61. The number of hydrogen-bond donors (Lipinski definition) is 2. The number of halogens is 2. The zero-order chi connectivity index (χ0) is 14.0. The lowest BCUT2D eigenvalue weighted by Crippen LogP contribution is -2.12. The van der Waals surface area contributed by atoms with E-state index in [1.165, 1.54) is 6.07 Å². The molecule has 0 atom stereocenters. The number of benzene rings is 2. The Bertz CT molecular complexity index is 643. The summed E-state index contributed by atoms with van der Waals surface area (Å²) in [6, 6.07) is 8.61. The van der Waals surface area contributed by atoms with Crippen molar-refractivity contribution in [1.29, 1.82) is 0 Å². The Morgan fingerprint density at radius 1 is 1.26 bits per heavy atom. The van der Waals surface area contributed by atoms with Crippen molar-refractivity contribution in [2.24, 2.45) is 0 Å². The molecule has 2 N–H and O–H groups in total. The summed E-state index contributed by atoms with van der Waals surface area (Å²) in [4.78, 5) is 11.9. The van der Waals surface area contributed by atoms with Gasteiger partial charge in [-0.2, -0.15) is 0 Å². The predicted molar refractivity (Wildman–Crippen MR) is 74.9 cm³/mol. The number of aryl methyl sites for hydroxylation is 1. The van der Waals surface area contributed by atoms with E-state index >= 15 is 0 Å². The van der Waals surface area contributed by atoms with E-state index in [1.807, 2.05) is 13.0 Å². The second kappa shape index (κ2) is 5.40. The molecular weight excluding hydrogens is 313 g/mol. The largest absolute Gasteiger partial charge is 0.507 e. The summed E-state index contributed by atoms with van der Waals surface area (Å²) in [5.74, 6) is -1.46. The van der Waals surface area contributed by atoms with Gasteiger partial charge < -0.3 is 10.4 Å². The van der Waals surface area contributed by atoms with Gasteiger partial charge in [0.05, 0.1) is 5.56 Å². The van der Waals surface area contributed by atoms with Crippen molar-refractivity contribution in [2.45, 2.75) is 6.92 Å². The van der Waals surface area contributed by atoms with Gasteiger partial charge in [0.1, 0.15) is 11.6 Å². The molecule has 0 unspecified atom stereocenters. The molecule has 0 aliphatic carbocycles. The molecule has 0 heterocycles. The first-order chi connectivity index (χ1) is 8.97. The van der Waals surface area contributed by atoms with Gasteiger partial charge in [0.2, 0.25) is 0 Å². The Hall–Kier alpha value is -1.88. The number of phenols is 1. The molecule has 0 radical (unpaired) electrons. The van der Waals surface area contributed by atoms with Gasteiger partial charge in [-0.3, -0.25) is 4.79 Å². The van der Waals surface area contributed by atoms with E-state index in [0.717, 1.165) is 22.2 Å². The minimum Gasteiger partial charge on any atom is -0.507 e. The fourth-order valence-corrected chi connectivity index (χ4v) is 1.86. The molecule has 0 saturated heterocycles. The first-order valence-electron chi connectivity index (χ1n) is 5.53. The Labute approximate surface area is 118 Å². The molecule has 98 valence electrons. The van der Waals surface area contributed by atoms with Crippen molar-refractivity contribution in [3.05, 3.63) is 57.8 Å². The van der Waals surface area contributed by atoms with E-state index in [4.69, 9.17) is 0 Å². The molecular formula is C14H11BrFNO2. The van der Waals surface area contributed by atoms with E-state index < -0.39 is 11.7 Å². The standard InChI is InChI=1S/C14H11BrFNO2/c1-8-6-10(3-5-12(8)15)17-14(19)11-4-2-9(16)7-13(11)18/h2-7,18H,1H3,(H,17,19). The maximum Gasteiger partial charge on any atom is 0.259 e. The van der Waals surface area contributed by atoms with Gasteiger partial charge >= 0.3 is 0 Å². The summed E-state index contributed by atoms with van der Waals surface area (Å²) in [6.07, 6.45) is 0. The number of aromatic hydroxyl groups is 1. The summed E-state index contributed by atoms with van der Waals surface area (Å²) < 4.78 is 13.8. The van der Waals surface area contributed by atoms with Gasteiger partial charge in [-0.15, -0.1) is 0 Å². The fraction of sp³-hybridized carbons (Fsp3) is 0.0714. The maximum atomic E-state index is 12.8. The van der Waals surface area contributed by atoms with Crippen LogP contribution in [0.25, 0.3) is 0 Å². The lowest BCUT2D eigenvalue weighted by Gasteiger charge is -2.08. The van der Waals surface area contributed by atoms with Crippen LogP contribution in [0.1, 0.15) is 15.9 Å². The van der Waals surface area contributed by atoms with Gasteiger partial charge in [-0.25, -0.2) is 4.39 Å². The molecule has 2 aromatic rings. The molecule has 1 amide bonds. The monoisotopic (exact) mass is 323 g/mol. The summed E-state index contributed by atoms with van der Waals surface area (Å²) in [5, 5.41) is 12.2. The lowest BCUT2D eigenvalue weighted by molar-refractivity contribution is 0.102. The average Bonchev–Trinajstić information content (AvgIpc) is 2.33. The third-order valence-electron chi connectivity index (χ3n) is 2.62. The lowest BCUT2D eigenvalue weighted by atomic mass is 10.1. The molecule has 0 aliphatic rings. The molecule has 0 spiro atoms. The summed E-state index contributed by atoms with van der Waals surface area (Å²) in [6.45, 7) is 1.90. The van der Waals surface area contributed by atoms with Gasteiger partial charge in [0.25, 0.3) is 5.91 Å². The third-order valence-corrected chi connectivity index (χ3v) is 3.51. The highest BCUT2D eigenvalue weighted by atomic mass is 79.9. The highest BCUT2D eigenvalue weighted by Crippen LogP contribution is 2.22. The van der Waals surface area contributed by atoms with E-state index in [0.29, 0.717) is 5.69 Å². The zero-order valence-electron chi connectivity index (χ0n) is 10.1. The number of carbonyl (C=O) groups is 1. The van der Waals surface area contributed by atoms with Crippen molar-refractivity contribution in [2.75, 3.05) is 5.32 Å². The van der Waals surface area contributed by atoms with Gasteiger partial charge in [-0.1, -0.05) is 15.9 Å². The summed E-state index contributed by atoms with van der Waals surface area (Å²) >= 11 is 3.37. The minimum absolute atomic E-state index is 0.0296. The number of anilines is 1. The second-order valence-electron chi connectivity index (χ2n) is 4.08. The Kier molecular flexibility index (Phi) is 3.85. The van der Waals surface area contributed by atoms with Crippen LogP contribution in [0, 0.1) is 12.7 Å². The Balaban J connectivity index is 2.23. The van der Waals surface area contributed by atoms with Crippen LogP contribution in [0.2, 0.25) is 0 Å². The number of rotatable bonds is 2. The van der Waals surface area contributed by atoms with E-state index in [2.05, 4.69) is 21.2 Å². The number of carbonyl (C=O) groups excluding carboxylic acids is 1. The SMILES string of the molecule is Cc1cc(NC(=O)c2ccc(F)cc2O)ccc1Br. The average molecular weight is 324 g/mol. The molecule has 0 aromatic heterocycles. The van der Waals surface area contributed by atoms with Crippen molar-refractivity contribution in [3.8, 4) is 5.75 Å². The number of phenolic OH excluding ortho intramolecular Hbond substituents is 1. The molecule has 2 rings (SSSR count). The van der Waals surface area contributed by atoms with Gasteiger partial charge in [0, 0.05) is 16.2 Å². The van der Waals surface area contributed by atoms with Crippen molar-refractivity contribution in [3.63, 3.8) is 0 Å². The summed E-state index contributed by atoms with van der Waals surface area (Å²) in [7, 11) is 0. The van der Waals surface area contributed by atoms with Crippen molar-refractivity contribution >= 4 is 27.5 Å². The minimum atomic E-state index is -0.589. The Morgan fingerprint density at radius 2 is 2.00 bits per heavy atom. The normalized spacial score (nSPS) is 10.3. The number of hydrogen-bond acceptors (Lipinski definition) is 2. The van der Waals surface area contributed by atoms with E-state index in [1.54, 1.807) is 12.1 Å². The van der Waals surface area contributed by atoms with E-state index in [9.17, 15) is 14.3 Å². The molecule has 0 fully saturated rings. The van der Waals surface area contributed by atoms with Crippen LogP contribution in [0.15, 0.2) is 40.9 Å². The molecule has 0 aliphatic heterocycles. The van der Waals surface area contributed by atoms with Crippen molar-refractivity contribution in [1.82, 2.24) is 0 Å². The molecule has 0 bridgehead atoms. The van der Waals surface area contributed by atoms with Crippen LogP contribution in [0.5, 0.6) is 5.75 Å². The highest BCUT2D eigenvalue weighted by Gasteiger charge is 2.12. The zero-order valence-corrected chi connectivity index (χ0v) is 11.7.